The highest BCUT2D eigenvalue weighted by Crippen LogP contribution is 2.46. The van der Waals surface area contributed by atoms with Crippen molar-refractivity contribution in [2.75, 3.05) is 11.9 Å². The first-order valence-electron chi connectivity index (χ1n) is 11.6. The number of para-hydroxylation sites is 1. The fraction of sp³-hybridized carbons (Fsp3) is 0.250. The Balaban J connectivity index is 2.04. The molecule has 0 aliphatic carbocycles. The number of thiazole rings is 1. The van der Waals surface area contributed by atoms with E-state index in [0.29, 0.717) is 21.8 Å². The minimum absolute atomic E-state index is 0.0379. The van der Waals surface area contributed by atoms with Crippen molar-refractivity contribution < 1.29 is 23.8 Å². The van der Waals surface area contributed by atoms with Crippen molar-refractivity contribution in [1.29, 1.82) is 0 Å². The molecule has 198 valence electrons. The zero-order chi connectivity index (χ0) is 27.9. The zero-order valence-corrected chi connectivity index (χ0v) is 23.6. The molecule has 1 heterocycles. The molecule has 1 aromatic heterocycles. The van der Waals surface area contributed by atoms with Crippen LogP contribution in [0.15, 0.2) is 48.5 Å². The fourth-order valence-corrected chi connectivity index (χ4v) is 5.73. The molecule has 4 aromatic rings. The van der Waals surface area contributed by atoms with Crippen molar-refractivity contribution in [3.8, 4) is 11.1 Å². The van der Waals surface area contributed by atoms with E-state index in [9.17, 15) is 14.7 Å². The van der Waals surface area contributed by atoms with E-state index in [1.54, 1.807) is 64.2 Å². The van der Waals surface area contributed by atoms with Crippen LogP contribution >= 0.6 is 34.5 Å². The van der Waals surface area contributed by atoms with Gasteiger partial charge in [0.15, 0.2) is 16.9 Å². The lowest BCUT2D eigenvalue weighted by molar-refractivity contribution is -0.160. The minimum Gasteiger partial charge on any atom is -0.479 e. The van der Waals surface area contributed by atoms with Gasteiger partial charge >= 0.3 is 5.97 Å². The first-order chi connectivity index (χ1) is 17.8. The van der Waals surface area contributed by atoms with Gasteiger partial charge in [-0.25, -0.2) is 14.2 Å². The van der Waals surface area contributed by atoms with Gasteiger partial charge in [-0.3, -0.25) is 4.79 Å². The summed E-state index contributed by atoms with van der Waals surface area (Å²) in [6.07, 6.45) is -1.52. The van der Waals surface area contributed by atoms with Gasteiger partial charge in [0.1, 0.15) is 5.52 Å². The molecular weight excluding hydrogens is 550 g/mol. The third kappa shape index (κ3) is 5.40. The second-order valence-corrected chi connectivity index (χ2v) is 11.5. The quantitative estimate of drug-likeness (QED) is 0.253. The largest absolute Gasteiger partial charge is 0.479 e. The van der Waals surface area contributed by atoms with Gasteiger partial charge in [-0.15, -0.1) is 11.3 Å². The Labute approximate surface area is 233 Å². The average molecular weight is 575 g/mol. The second kappa shape index (κ2) is 10.6. The van der Waals surface area contributed by atoms with Gasteiger partial charge < -0.3 is 14.7 Å². The molecule has 1 amide bonds. The predicted octanol–water partition coefficient (Wildman–Crippen LogP) is 7.94. The molecule has 0 fully saturated rings. The highest BCUT2D eigenvalue weighted by atomic mass is 35.5. The third-order valence-corrected chi connectivity index (χ3v) is 7.46. The SMILES string of the molecule is Cc1c([C@H](OC(C)(C)C)C(=O)O)c(-c2ccc(Cl)cc2Cl)c2sc(C(=O)N(C)c3ccccc3)nc2c1F. The summed E-state index contributed by atoms with van der Waals surface area (Å²) in [6, 6.07) is 13.7. The summed E-state index contributed by atoms with van der Waals surface area (Å²) in [5.41, 5.74) is 0.603. The first-order valence-corrected chi connectivity index (χ1v) is 13.2. The summed E-state index contributed by atoms with van der Waals surface area (Å²) in [7, 11) is 1.60. The number of anilines is 1. The summed E-state index contributed by atoms with van der Waals surface area (Å²) in [5.74, 6) is -2.46. The van der Waals surface area contributed by atoms with E-state index < -0.39 is 29.4 Å². The van der Waals surface area contributed by atoms with Gasteiger partial charge in [0.25, 0.3) is 5.91 Å². The number of benzene rings is 3. The maximum atomic E-state index is 15.9. The van der Waals surface area contributed by atoms with E-state index >= 15 is 4.39 Å². The predicted molar refractivity (Wildman–Crippen MR) is 150 cm³/mol. The summed E-state index contributed by atoms with van der Waals surface area (Å²) in [5, 5.41) is 10.8. The van der Waals surface area contributed by atoms with E-state index in [-0.39, 0.29) is 31.4 Å². The number of amides is 1. The minimum atomic E-state index is -1.52. The molecule has 1 atom stereocenters. The zero-order valence-electron chi connectivity index (χ0n) is 21.3. The lowest BCUT2D eigenvalue weighted by Gasteiger charge is -2.28. The number of aromatic nitrogens is 1. The number of ether oxygens (including phenoxy) is 1. The van der Waals surface area contributed by atoms with E-state index in [1.165, 1.54) is 17.9 Å². The number of halogens is 3. The Kier molecular flexibility index (Phi) is 7.81. The van der Waals surface area contributed by atoms with E-state index in [4.69, 9.17) is 27.9 Å². The van der Waals surface area contributed by atoms with Gasteiger partial charge in [-0.2, -0.15) is 0 Å². The first kappa shape index (κ1) is 28.0. The number of fused-ring (bicyclic) bond motifs is 1. The summed E-state index contributed by atoms with van der Waals surface area (Å²) in [6.45, 7) is 6.61. The molecule has 0 aliphatic heterocycles. The van der Waals surface area contributed by atoms with Crippen LogP contribution in [0, 0.1) is 12.7 Å². The van der Waals surface area contributed by atoms with Gasteiger partial charge in [0.2, 0.25) is 0 Å². The average Bonchev–Trinajstić information content (AvgIpc) is 3.30. The van der Waals surface area contributed by atoms with Gasteiger partial charge in [-0.1, -0.05) is 47.5 Å². The Hall–Kier alpha value is -3.04. The maximum absolute atomic E-state index is 15.9. The molecule has 0 unspecified atom stereocenters. The number of carbonyl (C=O) groups excluding carboxylic acids is 1. The number of hydrogen-bond acceptors (Lipinski definition) is 5. The van der Waals surface area contributed by atoms with E-state index in [1.807, 2.05) is 6.07 Å². The standard InChI is InChI=1S/C28H25Cl2FN2O4S/c1-14-19(23(27(35)36)37-28(2,3)4)20(17-12-11-15(29)13-18(17)30)24-22(21(14)31)32-25(38-24)26(34)33(5)16-9-7-6-8-10-16/h6-13,23H,1-5H3,(H,35,36)/t23-/m0/s1. The number of carboxylic acids is 1. The number of hydrogen-bond donors (Lipinski definition) is 1. The van der Waals surface area contributed by atoms with Crippen LogP contribution in [0.5, 0.6) is 0 Å². The third-order valence-electron chi connectivity index (χ3n) is 5.85. The van der Waals surface area contributed by atoms with E-state index in [2.05, 4.69) is 4.98 Å². The van der Waals surface area contributed by atoms with Crippen molar-refractivity contribution in [2.45, 2.75) is 39.4 Å². The highest BCUT2D eigenvalue weighted by molar-refractivity contribution is 7.21. The smallest absolute Gasteiger partial charge is 0.337 e. The number of carbonyl (C=O) groups is 2. The Bertz CT molecular complexity index is 1550. The number of nitrogens with zero attached hydrogens (tertiary/aromatic N) is 2. The van der Waals surface area contributed by atoms with E-state index in [0.717, 1.165) is 11.3 Å². The fourth-order valence-electron chi connectivity index (χ4n) is 4.12. The molecule has 0 radical (unpaired) electrons. The molecule has 1 N–H and O–H groups in total. The van der Waals surface area contributed by atoms with Crippen molar-refractivity contribution in [3.05, 3.63) is 80.5 Å². The van der Waals surface area contributed by atoms with Crippen LogP contribution in [-0.4, -0.2) is 34.6 Å². The monoisotopic (exact) mass is 574 g/mol. The molecule has 0 aliphatic rings. The summed E-state index contributed by atoms with van der Waals surface area (Å²) < 4.78 is 22.1. The van der Waals surface area contributed by atoms with Crippen LogP contribution in [-0.2, 0) is 9.53 Å². The lowest BCUT2D eigenvalue weighted by atomic mass is 9.90. The van der Waals surface area contributed by atoms with Gasteiger partial charge in [0, 0.05) is 39.5 Å². The number of aliphatic carboxylic acids is 1. The van der Waals surface area contributed by atoms with Crippen LogP contribution in [0.4, 0.5) is 10.1 Å². The molecule has 6 nitrogen and oxygen atoms in total. The van der Waals surface area contributed by atoms with Crippen LogP contribution in [0.25, 0.3) is 21.3 Å². The molecular formula is C28H25Cl2FN2O4S. The molecule has 38 heavy (non-hydrogen) atoms. The normalized spacial score (nSPS) is 12.5. The highest BCUT2D eigenvalue weighted by Gasteiger charge is 2.35. The molecule has 0 spiro atoms. The number of carboxylic acid groups (broad SMARTS) is 1. The Morgan fingerprint density at radius 3 is 2.37 bits per heavy atom. The van der Waals surface area contributed by atoms with Crippen LogP contribution in [0.1, 0.15) is 47.8 Å². The van der Waals surface area contributed by atoms with Crippen molar-refractivity contribution in [2.24, 2.45) is 0 Å². The summed E-state index contributed by atoms with van der Waals surface area (Å²) in [4.78, 5) is 31.6. The Morgan fingerprint density at radius 2 is 1.79 bits per heavy atom. The van der Waals surface area contributed by atoms with Crippen LogP contribution in [0.2, 0.25) is 10.0 Å². The van der Waals surface area contributed by atoms with Crippen molar-refractivity contribution >= 4 is 62.3 Å². The van der Waals surface area contributed by atoms with Crippen molar-refractivity contribution in [1.82, 2.24) is 4.98 Å². The molecule has 4 rings (SSSR count). The molecule has 0 bridgehead atoms. The van der Waals surface area contributed by atoms with Crippen LogP contribution < -0.4 is 4.90 Å². The molecule has 10 heteroatoms. The lowest BCUT2D eigenvalue weighted by Crippen LogP contribution is -2.28. The topological polar surface area (TPSA) is 79.7 Å². The molecule has 3 aromatic carbocycles. The van der Waals surface area contributed by atoms with Gasteiger partial charge in [0.05, 0.1) is 10.3 Å². The maximum Gasteiger partial charge on any atom is 0.337 e. The Morgan fingerprint density at radius 1 is 1.13 bits per heavy atom. The van der Waals surface area contributed by atoms with Gasteiger partial charge in [-0.05, 0) is 57.5 Å². The number of rotatable bonds is 6. The summed E-state index contributed by atoms with van der Waals surface area (Å²) >= 11 is 13.7. The second-order valence-electron chi connectivity index (χ2n) is 9.70. The van der Waals surface area contributed by atoms with Crippen LogP contribution in [0.3, 0.4) is 0 Å². The molecule has 0 saturated heterocycles. The van der Waals surface area contributed by atoms with Crippen molar-refractivity contribution in [3.63, 3.8) is 0 Å². The molecule has 0 saturated carbocycles.